The molecule has 1 aromatic heterocycles. The Hall–Kier alpha value is -3.46. The molecule has 1 heterocycles. The highest BCUT2D eigenvalue weighted by molar-refractivity contribution is 6.99. The van der Waals surface area contributed by atoms with E-state index < -0.39 is 6.04 Å². The second kappa shape index (κ2) is 12.5. The first-order valence-corrected chi connectivity index (χ1v) is 13.0. The number of methoxy groups -OCH3 is 2. The van der Waals surface area contributed by atoms with E-state index in [1.165, 1.54) is 12.6 Å². The van der Waals surface area contributed by atoms with Crippen LogP contribution in [0.4, 0.5) is 0 Å². The van der Waals surface area contributed by atoms with Crippen molar-refractivity contribution in [2.24, 2.45) is 0 Å². The lowest BCUT2D eigenvalue weighted by Crippen LogP contribution is -2.47. The summed E-state index contributed by atoms with van der Waals surface area (Å²) in [6.45, 7) is 0.331. The molecule has 0 aliphatic heterocycles. The molecule has 1 aliphatic rings. The van der Waals surface area contributed by atoms with Crippen molar-refractivity contribution in [3.8, 4) is 11.5 Å². The standard InChI is InChI=1S/C27H32N4O4S/c1-34-23-14-13-20(17-24(23)35-2)25(26(32)29-21-11-7-4-8-12-21)31(27(33)22-18-28-36-30-22)16-15-19-9-5-3-6-10-19/h3,5-6,9-10,13-14,17-18,21,25H,4,7-8,11-12,15-16H2,1-2H3,(H,29,32)/t25-/m0/s1. The number of carbonyl (C=O) groups is 2. The van der Waals surface area contributed by atoms with Gasteiger partial charge in [-0.2, -0.15) is 8.75 Å². The lowest BCUT2D eigenvalue weighted by Gasteiger charge is -2.33. The van der Waals surface area contributed by atoms with Gasteiger partial charge in [-0.3, -0.25) is 9.59 Å². The van der Waals surface area contributed by atoms with Crippen molar-refractivity contribution in [3.05, 3.63) is 71.5 Å². The summed E-state index contributed by atoms with van der Waals surface area (Å²) in [4.78, 5) is 29.2. The smallest absolute Gasteiger partial charge is 0.276 e. The molecule has 0 bridgehead atoms. The fourth-order valence-corrected chi connectivity index (χ4v) is 5.08. The van der Waals surface area contributed by atoms with Gasteiger partial charge in [-0.15, -0.1) is 0 Å². The van der Waals surface area contributed by atoms with Crippen LogP contribution in [-0.2, 0) is 11.2 Å². The molecule has 9 heteroatoms. The highest BCUT2D eigenvalue weighted by Crippen LogP contribution is 2.33. The zero-order valence-corrected chi connectivity index (χ0v) is 21.5. The van der Waals surface area contributed by atoms with Crippen molar-refractivity contribution >= 4 is 23.5 Å². The lowest BCUT2D eigenvalue weighted by molar-refractivity contribution is -0.126. The Morgan fingerprint density at radius 3 is 2.47 bits per heavy atom. The molecular formula is C27H32N4O4S. The molecule has 36 heavy (non-hydrogen) atoms. The van der Waals surface area contributed by atoms with Crippen LogP contribution < -0.4 is 14.8 Å². The molecule has 2 aromatic carbocycles. The molecule has 0 radical (unpaired) electrons. The van der Waals surface area contributed by atoms with Crippen molar-refractivity contribution in [1.82, 2.24) is 19.0 Å². The van der Waals surface area contributed by atoms with Crippen LogP contribution in [0.2, 0.25) is 0 Å². The Morgan fingerprint density at radius 1 is 1.06 bits per heavy atom. The van der Waals surface area contributed by atoms with E-state index >= 15 is 0 Å². The van der Waals surface area contributed by atoms with E-state index in [0.29, 0.717) is 30.0 Å². The minimum Gasteiger partial charge on any atom is -0.493 e. The van der Waals surface area contributed by atoms with Crippen LogP contribution in [0.1, 0.15) is 59.8 Å². The van der Waals surface area contributed by atoms with Gasteiger partial charge in [0, 0.05) is 12.6 Å². The molecular weight excluding hydrogens is 476 g/mol. The van der Waals surface area contributed by atoms with Gasteiger partial charge in [0.15, 0.2) is 17.2 Å². The minimum atomic E-state index is -0.871. The van der Waals surface area contributed by atoms with Crippen LogP contribution in [0.3, 0.4) is 0 Å². The Labute approximate surface area is 216 Å². The molecule has 1 N–H and O–H groups in total. The summed E-state index contributed by atoms with van der Waals surface area (Å²) < 4.78 is 19.1. The topological polar surface area (TPSA) is 93.7 Å². The van der Waals surface area contributed by atoms with E-state index in [9.17, 15) is 9.59 Å². The number of hydrogen-bond donors (Lipinski definition) is 1. The van der Waals surface area contributed by atoms with E-state index in [1.807, 2.05) is 36.4 Å². The number of benzene rings is 2. The first-order chi connectivity index (χ1) is 17.6. The van der Waals surface area contributed by atoms with Gasteiger partial charge >= 0.3 is 0 Å². The number of aromatic nitrogens is 2. The monoisotopic (exact) mass is 508 g/mol. The molecule has 2 amide bonds. The highest BCUT2D eigenvalue weighted by atomic mass is 32.1. The lowest BCUT2D eigenvalue weighted by atomic mass is 9.94. The number of nitrogens with zero attached hydrogens (tertiary/aromatic N) is 3. The summed E-state index contributed by atoms with van der Waals surface area (Å²) in [5.41, 5.74) is 1.94. The van der Waals surface area contributed by atoms with Crippen LogP contribution >= 0.6 is 11.7 Å². The molecule has 190 valence electrons. The predicted molar refractivity (Wildman–Crippen MR) is 138 cm³/mol. The highest BCUT2D eigenvalue weighted by Gasteiger charge is 2.34. The van der Waals surface area contributed by atoms with E-state index in [1.54, 1.807) is 31.3 Å². The molecule has 1 atom stereocenters. The molecule has 1 saturated carbocycles. The van der Waals surface area contributed by atoms with Crippen molar-refractivity contribution in [1.29, 1.82) is 0 Å². The molecule has 4 rings (SSSR count). The number of amides is 2. The van der Waals surface area contributed by atoms with Gasteiger partial charge in [0.25, 0.3) is 5.91 Å². The van der Waals surface area contributed by atoms with E-state index in [0.717, 1.165) is 43.0 Å². The molecule has 0 spiro atoms. The normalized spacial score (nSPS) is 14.6. The van der Waals surface area contributed by atoms with Crippen LogP contribution in [0.15, 0.2) is 54.7 Å². The Morgan fingerprint density at radius 2 is 1.81 bits per heavy atom. The molecule has 0 unspecified atom stereocenters. The number of rotatable bonds is 10. The summed E-state index contributed by atoms with van der Waals surface area (Å²) >= 11 is 0.971. The molecule has 1 fully saturated rings. The fraction of sp³-hybridized carbons (Fsp3) is 0.407. The van der Waals surface area contributed by atoms with Crippen molar-refractivity contribution in [3.63, 3.8) is 0 Å². The molecule has 1 aliphatic carbocycles. The van der Waals surface area contributed by atoms with Gasteiger partial charge in [-0.05, 0) is 42.5 Å². The summed E-state index contributed by atoms with van der Waals surface area (Å²) in [5, 5.41) is 3.22. The third-order valence-corrected chi connectivity index (χ3v) is 7.04. The summed E-state index contributed by atoms with van der Waals surface area (Å²) in [6, 6.07) is 14.5. The Kier molecular flexibility index (Phi) is 8.89. The molecule has 3 aromatic rings. The predicted octanol–water partition coefficient (Wildman–Crippen LogP) is 4.43. The van der Waals surface area contributed by atoms with Gasteiger partial charge in [-0.1, -0.05) is 55.7 Å². The number of ether oxygens (including phenoxy) is 2. The summed E-state index contributed by atoms with van der Waals surface area (Å²) in [6.07, 6.45) is 7.29. The second-order valence-corrected chi connectivity index (χ2v) is 9.44. The third-order valence-electron chi connectivity index (χ3n) is 6.56. The van der Waals surface area contributed by atoms with Gasteiger partial charge in [0.1, 0.15) is 6.04 Å². The second-order valence-electron chi connectivity index (χ2n) is 8.89. The molecule has 0 saturated heterocycles. The number of nitrogens with one attached hydrogen (secondary N) is 1. The fourth-order valence-electron chi connectivity index (χ4n) is 4.67. The summed E-state index contributed by atoms with van der Waals surface area (Å²) in [5.74, 6) is 0.506. The van der Waals surface area contributed by atoms with Crippen LogP contribution in [0, 0.1) is 0 Å². The van der Waals surface area contributed by atoms with Crippen LogP contribution in [0.5, 0.6) is 11.5 Å². The number of carbonyl (C=O) groups excluding carboxylic acids is 2. The average Bonchev–Trinajstić information content (AvgIpc) is 3.46. The largest absolute Gasteiger partial charge is 0.493 e. The first kappa shape index (κ1) is 25.6. The minimum absolute atomic E-state index is 0.0981. The maximum Gasteiger partial charge on any atom is 0.276 e. The molecule has 8 nitrogen and oxygen atoms in total. The van der Waals surface area contributed by atoms with Crippen molar-refractivity contribution < 1.29 is 19.1 Å². The van der Waals surface area contributed by atoms with Crippen LogP contribution in [0.25, 0.3) is 0 Å². The van der Waals surface area contributed by atoms with E-state index in [-0.39, 0.29) is 23.6 Å². The van der Waals surface area contributed by atoms with Crippen molar-refractivity contribution in [2.45, 2.75) is 50.6 Å². The van der Waals surface area contributed by atoms with Crippen molar-refractivity contribution in [2.75, 3.05) is 20.8 Å². The van der Waals surface area contributed by atoms with Gasteiger partial charge in [0.2, 0.25) is 5.91 Å². The van der Waals surface area contributed by atoms with Gasteiger partial charge in [0.05, 0.1) is 32.1 Å². The van der Waals surface area contributed by atoms with Crippen LogP contribution in [-0.4, -0.2) is 52.3 Å². The maximum absolute atomic E-state index is 13.9. The first-order valence-electron chi connectivity index (χ1n) is 12.3. The van der Waals surface area contributed by atoms with E-state index in [2.05, 4.69) is 14.1 Å². The zero-order chi connectivity index (χ0) is 25.3. The Bertz CT molecular complexity index is 1130. The van der Waals surface area contributed by atoms with Gasteiger partial charge < -0.3 is 19.7 Å². The SMILES string of the molecule is COc1ccc([C@@H](C(=O)NC2CCCCC2)N(CCc2ccccc2)C(=O)c2cnsn2)cc1OC. The summed E-state index contributed by atoms with van der Waals surface area (Å²) in [7, 11) is 3.12. The number of hydrogen-bond acceptors (Lipinski definition) is 7. The maximum atomic E-state index is 13.9. The Balaban J connectivity index is 1.72. The van der Waals surface area contributed by atoms with Gasteiger partial charge in [-0.25, -0.2) is 0 Å². The van der Waals surface area contributed by atoms with E-state index in [4.69, 9.17) is 9.47 Å². The quantitative estimate of drug-likeness (QED) is 0.436. The zero-order valence-electron chi connectivity index (χ0n) is 20.7. The average molecular weight is 509 g/mol. The third kappa shape index (κ3) is 6.20.